The molecule has 2 aromatic rings. The fourth-order valence-electron chi connectivity index (χ4n) is 3.35. The Balaban J connectivity index is 1.81. The summed E-state index contributed by atoms with van der Waals surface area (Å²) in [5.41, 5.74) is 3.25. The predicted molar refractivity (Wildman–Crippen MR) is 138 cm³/mol. The molecule has 1 amide bonds. The molecule has 4 bridgehead atoms. The van der Waals surface area contributed by atoms with Gasteiger partial charge in [-0.05, 0) is 62.2 Å². The van der Waals surface area contributed by atoms with Crippen LogP contribution in [0.25, 0.3) is 0 Å². The molecule has 1 aromatic carbocycles. The third-order valence-electron chi connectivity index (χ3n) is 5.39. The number of nitrogens with one attached hydrogen (secondary N) is 2. The number of aliphatic imine (C=N–C) groups is 1. The van der Waals surface area contributed by atoms with Gasteiger partial charge in [0.2, 0.25) is 11.9 Å². The van der Waals surface area contributed by atoms with Crippen LogP contribution >= 0.6 is 0 Å². The Kier molecular flexibility index (Phi) is 8.96. The normalized spacial score (nSPS) is 17.3. The first-order valence-electron chi connectivity index (χ1n) is 11.3. The van der Waals surface area contributed by atoms with Crippen LogP contribution in [0, 0.1) is 0 Å². The first-order valence-corrected chi connectivity index (χ1v) is 11.3. The van der Waals surface area contributed by atoms with E-state index in [9.17, 15) is 4.79 Å². The summed E-state index contributed by atoms with van der Waals surface area (Å²) in [7, 11) is 1.85. The van der Waals surface area contributed by atoms with Gasteiger partial charge >= 0.3 is 0 Å². The molecule has 0 unspecified atom stereocenters. The zero-order valence-corrected chi connectivity index (χ0v) is 19.7. The molecule has 8 nitrogen and oxygen atoms in total. The molecule has 2 aliphatic rings. The van der Waals surface area contributed by atoms with E-state index in [2.05, 4.69) is 45.5 Å². The van der Waals surface area contributed by atoms with Gasteiger partial charge in [-0.25, -0.2) is 4.98 Å². The number of aryl methyl sites for hydroxylation is 1. The van der Waals surface area contributed by atoms with Crippen LogP contribution in [0.3, 0.4) is 0 Å². The van der Waals surface area contributed by atoms with E-state index in [-0.39, 0.29) is 5.91 Å². The van der Waals surface area contributed by atoms with Gasteiger partial charge in [-0.15, -0.1) is 0 Å². The van der Waals surface area contributed by atoms with Crippen molar-refractivity contribution >= 4 is 35.8 Å². The van der Waals surface area contributed by atoms with Gasteiger partial charge in [-0.3, -0.25) is 9.79 Å². The minimum Gasteiger partial charge on any atom is -0.494 e. The molecule has 0 saturated heterocycles. The topological polar surface area (TPSA) is 91.7 Å². The Labute approximate surface area is 201 Å². The molecule has 0 radical (unpaired) electrons. The third-order valence-corrected chi connectivity index (χ3v) is 5.39. The number of carbonyl (C=O) groups excluding carboxylic acids is 1. The smallest absolute Gasteiger partial charge is 0.229 e. The van der Waals surface area contributed by atoms with E-state index in [0.717, 1.165) is 31.4 Å². The number of ether oxygens (including phenoxy) is 1. The number of nitrogens with zero attached hydrogens (tertiary/aromatic N) is 4. The van der Waals surface area contributed by atoms with Crippen molar-refractivity contribution in [2.75, 3.05) is 30.4 Å². The van der Waals surface area contributed by atoms with E-state index in [4.69, 9.17) is 4.74 Å². The first-order chi connectivity index (χ1) is 16.5. The minimum absolute atomic E-state index is 0.0815. The van der Waals surface area contributed by atoms with E-state index in [1.54, 1.807) is 18.3 Å². The van der Waals surface area contributed by atoms with Gasteiger partial charge in [-0.1, -0.05) is 25.3 Å². The van der Waals surface area contributed by atoms with Crippen molar-refractivity contribution in [3.05, 3.63) is 72.8 Å². The number of hydrogen-bond donors (Lipinski definition) is 2. The highest BCUT2D eigenvalue weighted by Gasteiger charge is 2.13. The summed E-state index contributed by atoms with van der Waals surface area (Å²) in [4.78, 5) is 26.9. The fraction of sp³-hybridized carbons (Fsp3) is 0.308. The molecule has 8 heteroatoms. The molecule has 4 rings (SSSR count). The maximum Gasteiger partial charge on any atom is 0.229 e. The van der Waals surface area contributed by atoms with Crippen molar-refractivity contribution in [3.8, 4) is 0 Å². The van der Waals surface area contributed by atoms with E-state index < -0.39 is 0 Å². The monoisotopic (exact) mass is 460 g/mol. The maximum atomic E-state index is 12.0. The lowest BCUT2D eigenvalue weighted by molar-refractivity contribution is -0.121. The number of benzene rings is 1. The molecule has 178 valence electrons. The van der Waals surface area contributed by atoms with E-state index >= 15 is 0 Å². The van der Waals surface area contributed by atoms with Crippen LogP contribution in [-0.4, -0.2) is 42.8 Å². The second-order valence-corrected chi connectivity index (χ2v) is 7.99. The lowest BCUT2D eigenvalue weighted by Crippen LogP contribution is -2.24. The highest BCUT2D eigenvalue weighted by atomic mass is 16.5. The summed E-state index contributed by atoms with van der Waals surface area (Å²) >= 11 is 0. The summed E-state index contributed by atoms with van der Waals surface area (Å²) in [5, 5.41) is 6.20. The van der Waals surface area contributed by atoms with Gasteiger partial charge < -0.3 is 20.3 Å². The minimum atomic E-state index is 0.0815. The van der Waals surface area contributed by atoms with Gasteiger partial charge in [0.05, 0.1) is 12.8 Å². The molecule has 0 saturated carbocycles. The Hall–Kier alpha value is -3.94. The van der Waals surface area contributed by atoms with Crippen LogP contribution in [0.15, 0.2) is 72.2 Å². The molecule has 0 atom stereocenters. The summed E-state index contributed by atoms with van der Waals surface area (Å²) < 4.78 is 5.66. The number of allylic oxidation sites excluding steroid dienone is 2. The van der Waals surface area contributed by atoms with Crippen LogP contribution < -0.4 is 15.5 Å². The molecule has 0 aliphatic carbocycles. The summed E-state index contributed by atoms with van der Waals surface area (Å²) in [6, 6.07) is 8.04. The standard InChI is InChI=1S/C26H32N6O2/c1-19-10-11-20(2)34-17-6-5-16-28-24(33)9-7-8-21-12-14-22(15-13-21)30-26-29-18-23(27-3)25(31-26)32(19)4/h10-15,18H,1-3,5-9,16-17H2,4H3,(H,28,33)(H,29,30,31)/b11-10-. The SMILES string of the molecule is C=Nc1cnc2nc1N(C)C(=C)/C=C\C(=C)OCCCCNC(=O)CCCc1ccc(cc1)N2. The number of aromatic nitrogens is 2. The number of likely N-dealkylation sites (N-methyl/N-ethyl adjacent to an activating group) is 1. The number of fused-ring (bicyclic) bond motifs is 15. The molecule has 1 aromatic heterocycles. The largest absolute Gasteiger partial charge is 0.494 e. The number of hydrogen-bond acceptors (Lipinski definition) is 7. The van der Waals surface area contributed by atoms with Gasteiger partial charge in [0, 0.05) is 31.4 Å². The van der Waals surface area contributed by atoms with Gasteiger partial charge in [-0.2, -0.15) is 4.98 Å². The van der Waals surface area contributed by atoms with E-state index in [1.165, 1.54) is 5.56 Å². The van der Waals surface area contributed by atoms with Crippen molar-refractivity contribution in [1.29, 1.82) is 0 Å². The predicted octanol–water partition coefficient (Wildman–Crippen LogP) is 4.82. The first kappa shape index (κ1) is 24.7. The average molecular weight is 461 g/mol. The quantitative estimate of drug-likeness (QED) is 0.593. The second-order valence-electron chi connectivity index (χ2n) is 7.99. The van der Waals surface area contributed by atoms with Crippen molar-refractivity contribution in [1.82, 2.24) is 15.3 Å². The lowest BCUT2D eigenvalue weighted by Gasteiger charge is -2.20. The van der Waals surface area contributed by atoms with E-state index in [0.29, 0.717) is 48.5 Å². The van der Waals surface area contributed by atoms with Crippen LogP contribution in [0.5, 0.6) is 0 Å². The van der Waals surface area contributed by atoms with Gasteiger partial charge in [0.15, 0.2) is 5.82 Å². The zero-order chi connectivity index (χ0) is 24.3. The van der Waals surface area contributed by atoms with Crippen LogP contribution in [0.1, 0.15) is 31.2 Å². The maximum absolute atomic E-state index is 12.0. The number of carbonyl (C=O) groups is 1. The Bertz CT molecular complexity index is 1060. The Morgan fingerprint density at radius 3 is 2.65 bits per heavy atom. The van der Waals surface area contributed by atoms with E-state index in [1.807, 2.05) is 36.2 Å². The van der Waals surface area contributed by atoms with Gasteiger partial charge in [0.25, 0.3) is 0 Å². The highest BCUT2D eigenvalue weighted by Crippen LogP contribution is 2.29. The molecular weight excluding hydrogens is 428 g/mol. The zero-order valence-electron chi connectivity index (χ0n) is 19.7. The number of amides is 1. The Morgan fingerprint density at radius 1 is 1.09 bits per heavy atom. The Morgan fingerprint density at radius 2 is 1.88 bits per heavy atom. The van der Waals surface area contributed by atoms with Gasteiger partial charge in [0.1, 0.15) is 11.4 Å². The summed E-state index contributed by atoms with van der Waals surface area (Å²) in [5.74, 6) is 1.62. The summed E-state index contributed by atoms with van der Waals surface area (Å²) in [6.45, 7) is 12.8. The van der Waals surface area contributed by atoms with Crippen molar-refractivity contribution in [2.24, 2.45) is 4.99 Å². The molecule has 3 heterocycles. The third kappa shape index (κ3) is 7.30. The molecule has 2 aliphatic heterocycles. The lowest BCUT2D eigenvalue weighted by atomic mass is 10.1. The molecule has 34 heavy (non-hydrogen) atoms. The fourth-order valence-corrected chi connectivity index (χ4v) is 3.35. The average Bonchev–Trinajstić information content (AvgIpc) is 2.84. The number of rotatable bonds is 1. The van der Waals surface area contributed by atoms with Crippen molar-refractivity contribution in [3.63, 3.8) is 0 Å². The highest BCUT2D eigenvalue weighted by molar-refractivity contribution is 5.75. The van der Waals surface area contributed by atoms with Crippen molar-refractivity contribution < 1.29 is 9.53 Å². The van der Waals surface area contributed by atoms with Crippen LogP contribution in [-0.2, 0) is 16.0 Å². The van der Waals surface area contributed by atoms with Crippen LogP contribution in [0.2, 0.25) is 0 Å². The van der Waals surface area contributed by atoms with Crippen LogP contribution in [0.4, 0.5) is 23.1 Å². The second kappa shape index (κ2) is 12.3. The van der Waals surface area contributed by atoms with Crippen molar-refractivity contribution in [2.45, 2.75) is 32.1 Å². The molecule has 0 spiro atoms. The summed E-state index contributed by atoms with van der Waals surface area (Å²) in [6.07, 6.45) is 9.00. The molecular formula is C26H32N6O2. The number of anilines is 3. The molecule has 0 fully saturated rings. The molecule has 2 N–H and O–H groups in total.